The van der Waals surface area contributed by atoms with E-state index in [4.69, 9.17) is 5.73 Å². The van der Waals surface area contributed by atoms with Gasteiger partial charge >= 0.3 is 0 Å². The van der Waals surface area contributed by atoms with E-state index in [0.717, 1.165) is 19.0 Å². The second kappa shape index (κ2) is 8.04. The smallest absolute Gasteiger partial charge is 0.0105 e. The molecule has 0 radical (unpaired) electrons. The van der Waals surface area contributed by atoms with Gasteiger partial charge in [0.25, 0.3) is 0 Å². The summed E-state index contributed by atoms with van der Waals surface area (Å²) in [6.45, 7) is 12.6. The molecular weight excluding hydrogens is 198 g/mol. The molecule has 2 N–H and O–H groups in total. The predicted molar refractivity (Wildman–Crippen MR) is 70.6 cm³/mol. The van der Waals surface area contributed by atoms with Crippen LogP contribution in [0.25, 0.3) is 0 Å². The molecule has 0 aliphatic carbocycles. The Kier molecular flexibility index (Phi) is 7.01. The summed E-state index contributed by atoms with van der Waals surface area (Å²) in [7, 11) is 0. The Morgan fingerprint density at radius 1 is 1.19 bits per heavy atom. The van der Waals surface area contributed by atoms with Crippen LogP contribution in [0.1, 0.15) is 33.1 Å². The first-order valence-electron chi connectivity index (χ1n) is 6.94. The molecule has 0 bridgehead atoms. The lowest BCUT2D eigenvalue weighted by Crippen LogP contribution is -2.38. The molecule has 0 aromatic heterocycles. The Balaban J connectivity index is 2.12. The molecule has 1 aliphatic rings. The Morgan fingerprint density at radius 3 is 2.31 bits per heavy atom. The highest BCUT2D eigenvalue weighted by atomic mass is 15.1. The minimum Gasteiger partial charge on any atom is -0.329 e. The van der Waals surface area contributed by atoms with E-state index in [0.29, 0.717) is 0 Å². The third-order valence-electron chi connectivity index (χ3n) is 3.90. The van der Waals surface area contributed by atoms with Crippen LogP contribution < -0.4 is 5.73 Å². The van der Waals surface area contributed by atoms with E-state index < -0.39 is 0 Å². The molecule has 3 nitrogen and oxygen atoms in total. The van der Waals surface area contributed by atoms with E-state index in [1.165, 1.54) is 52.0 Å². The van der Waals surface area contributed by atoms with Crippen LogP contribution in [0, 0.1) is 5.92 Å². The van der Waals surface area contributed by atoms with Gasteiger partial charge in [-0.3, -0.25) is 0 Å². The summed E-state index contributed by atoms with van der Waals surface area (Å²) >= 11 is 0. The fraction of sp³-hybridized carbons (Fsp3) is 1.00. The van der Waals surface area contributed by atoms with Crippen molar-refractivity contribution >= 4 is 0 Å². The van der Waals surface area contributed by atoms with Gasteiger partial charge in [-0.05, 0) is 57.9 Å². The predicted octanol–water partition coefficient (Wildman–Crippen LogP) is 1.39. The van der Waals surface area contributed by atoms with Crippen LogP contribution in [-0.2, 0) is 0 Å². The first kappa shape index (κ1) is 13.9. The van der Waals surface area contributed by atoms with Crippen molar-refractivity contribution in [2.24, 2.45) is 11.7 Å². The van der Waals surface area contributed by atoms with Crippen LogP contribution in [0.15, 0.2) is 0 Å². The van der Waals surface area contributed by atoms with E-state index in [9.17, 15) is 0 Å². The molecule has 0 aromatic carbocycles. The zero-order valence-electron chi connectivity index (χ0n) is 11.1. The minimum atomic E-state index is 0.810. The fourth-order valence-corrected chi connectivity index (χ4v) is 2.59. The van der Waals surface area contributed by atoms with Crippen molar-refractivity contribution in [3.05, 3.63) is 0 Å². The summed E-state index contributed by atoms with van der Waals surface area (Å²) in [4.78, 5) is 5.04. The Hall–Kier alpha value is -0.120. The van der Waals surface area contributed by atoms with Crippen molar-refractivity contribution in [2.45, 2.75) is 33.1 Å². The topological polar surface area (TPSA) is 32.5 Å². The third kappa shape index (κ3) is 4.81. The molecule has 0 aromatic rings. The molecule has 96 valence electrons. The van der Waals surface area contributed by atoms with Crippen LogP contribution >= 0.6 is 0 Å². The van der Waals surface area contributed by atoms with Crippen molar-refractivity contribution in [2.75, 3.05) is 45.8 Å². The van der Waals surface area contributed by atoms with Crippen molar-refractivity contribution in [1.29, 1.82) is 0 Å². The van der Waals surface area contributed by atoms with E-state index in [1.807, 2.05) is 0 Å². The average Bonchev–Trinajstić information content (AvgIpc) is 2.33. The third-order valence-corrected chi connectivity index (χ3v) is 3.90. The first-order chi connectivity index (χ1) is 7.80. The lowest BCUT2D eigenvalue weighted by atomic mass is 9.93. The standard InChI is InChI=1S/C13H29N3/c1-3-15(4-2)9-5-13-6-10-16(11-7-13)12-8-14/h13H,3-12,14H2,1-2H3. The second-order valence-corrected chi connectivity index (χ2v) is 4.89. The highest BCUT2D eigenvalue weighted by molar-refractivity contribution is 4.73. The molecule has 16 heavy (non-hydrogen) atoms. The highest BCUT2D eigenvalue weighted by Crippen LogP contribution is 2.20. The lowest BCUT2D eigenvalue weighted by molar-refractivity contribution is 0.169. The van der Waals surface area contributed by atoms with E-state index >= 15 is 0 Å². The van der Waals surface area contributed by atoms with Gasteiger partial charge < -0.3 is 15.5 Å². The summed E-state index contributed by atoms with van der Waals surface area (Å²) in [5.41, 5.74) is 5.58. The number of nitrogens with two attached hydrogens (primary N) is 1. The second-order valence-electron chi connectivity index (χ2n) is 4.89. The lowest BCUT2D eigenvalue weighted by Gasteiger charge is -2.32. The molecule has 1 rings (SSSR count). The molecule has 0 saturated carbocycles. The Labute approximate surface area is 101 Å². The van der Waals surface area contributed by atoms with Gasteiger partial charge in [0, 0.05) is 13.1 Å². The van der Waals surface area contributed by atoms with Gasteiger partial charge in [-0.25, -0.2) is 0 Å². The molecule has 1 heterocycles. The van der Waals surface area contributed by atoms with Gasteiger partial charge in [-0.15, -0.1) is 0 Å². The average molecular weight is 227 g/mol. The number of rotatable bonds is 7. The van der Waals surface area contributed by atoms with Gasteiger partial charge in [-0.2, -0.15) is 0 Å². The number of likely N-dealkylation sites (tertiary alicyclic amines) is 1. The normalized spacial score (nSPS) is 19.5. The van der Waals surface area contributed by atoms with Crippen LogP contribution in [0.5, 0.6) is 0 Å². The van der Waals surface area contributed by atoms with Crippen LogP contribution in [-0.4, -0.2) is 55.6 Å². The van der Waals surface area contributed by atoms with Gasteiger partial charge in [0.15, 0.2) is 0 Å². The maximum absolute atomic E-state index is 5.58. The number of piperidine rings is 1. The maximum Gasteiger partial charge on any atom is 0.0105 e. The van der Waals surface area contributed by atoms with Gasteiger partial charge in [0.1, 0.15) is 0 Å². The molecule has 1 aliphatic heterocycles. The molecule has 0 amide bonds. The molecular formula is C13H29N3. The van der Waals surface area contributed by atoms with Crippen LogP contribution in [0.4, 0.5) is 0 Å². The number of hydrogen-bond acceptors (Lipinski definition) is 3. The summed E-state index contributed by atoms with van der Waals surface area (Å²) < 4.78 is 0. The molecule has 0 unspecified atom stereocenters. The van der Waals surface area contributed by atoms with Crippen molar-refractivity contribution < 1.29 is 0 Å². The molecule has 1 fully saturated rings. The summed E-state index contributed by atoms with van der Waals surface area (Å²) in [6, 6.07) is 0. The molecule has 0 spiro atoms. The number of nitrogens with zero attached hydrogens (tertiary/aromatic N) is 2. The van der Waals surface area contributed by atoms with E-state index in [-0.39, 0.29) is 0 Å². The van der Waals surface area contributed by atoms with Gasteiger partial charge in [0.2, 0.25) is 0 Å². The van der Waals surface area contributed by atoms with Crippen molar-refractivity contribution in [3.8, 4) is 0 Å². The van der Waals surface area contributed by atoms with Crippen LogP contribution in [0.3, 0.4) is 0 Å². The molecule has 0 atom stereocenters. The van der Waals surface area contributed by atoms with Crippen molar-refractivity contribution in [3.63, 3.8) is 0 Å². The zero-order chi connectivity index (χ0) is 11.8. The SMILES string of the molecule is CCN(CC)CCC1CCN(CCN)CC1. The first-order valence-corrected chi connectivity index (χ1v) is 6.94. The van der Waals surface area contributed by atoms with Crippen molar-refractivity contribution in [1.82, 2.24) is 9.80 Å². The monoisotopic (exact) mass is 227 g/mol. The maximum atomic E-state index is 5.58. The van der Waals surface area contributed by atoms with Gasteiger partial charge in [0.05, 0.1) is 0 Å². The summed E-state index contributed by atoms with van der Waals surface area (Å²) in [5, 5.41) is 0. The Morgan fingerprint density at radius 2 is 1.81 bits per heavy atom. The van der Waals surface area contributed by atoms with Crippen LogP contribution in [0.2, 0.25) is 0 Å². The summed E-state index contributed by atoms with van der Waals surface area (Å²) in [6.07, 6.45) is 4.14. The highest BCUT2D eigenvalue weighted by Gasteiger charge is 2.18. The fourth-order valence-electron chi connectivity index (χ4n) is 2.59. The van der Waals surface area contributed by atoms with E-state index in [1.54, 1.807) is 0 Å². The van der Waals surface area contributed by atoms with Gasteiger partial charge in [-0.1, -0.05) is 13.8 Å². The minimum absolute atomic E-state index is 0.810. The molecule has 1 saturated heterocycles. The Bertz CT molecular complexity index is 161. The molecule has 3 heteroatoms. The quantitative estimate of drug-likeness (QED) is 0.713. The number of hydrogen-bond donors (Lipinski definition) is 1. The summed E-state index contributed by atoms with van der Waals surface area (Å²) in [5.74, 6) is 0.953. The zero-order valence-corrected chi connectivity index (χ0v) is 11.1. The largest absolute Gasteiger partial charge is 0.329 e. The van der Waals surface area contributed by atoms with E-state index in [2.05, 4.69) is 23.6 Å².